The van der Waals surface area contributed by atoms with E-state index in [1.807, 2.05) is 18.2 Å². The number of allylic oxidation sites excluding steroid dienone is 2. The smallest absolute Gasteiger partial charge is 0.110 e. The Morgan fingerprint density at radius 2 is 0.845 bits per heavy atom. The zero-order chi connectivity index (χ0) is 39.1. The number of aliphatic hydroxyl groups excluding tert-OH is 1. The molecule has 0 aromatic heterocycles. The number of hydrogen-bond acceptors (Lipinski definition) is 3. The summed E-state index contributed by atoms with van der Waals surface area (Å²) in [4.78, 5) is 4.73. The molecular weight excluding hydrogens is 705 g/mol. The van der Waals surface area contributed by atoms with Crippen molar-refractivity contribution in [1.29, 1.82) is 0 Å². The van der Waals surface area contributed by atoms with Gasteiger partial charge in [0.25, 0.3) is 0 Å². The zero-order valence-electron chi connectivity index (χ0n) is 32.3. The molecule has 0 bridgehead atoms. The van der Waals surface area contributed by atoms with Crippen LogP contribution in [0, 0.1) is 0 Å². The lowest BCUT2D eigenvalue weighted by molar-refractivity contribution is 0.333. The Morgan fingerprint density at radius 1 is 0.448 bits per heavy atom. The van der Waals surface area contributed by atoms with Crippen molar-refractivity contribution in [2.75, 3.05) is 9.80 Å². The minimum atomic E-state index is -0.499. The number of rotatable bonds is 8. The summed E-state index contributed by atoms with van der Waals surface area (Å²) in [5.41, 5.74) is 15.0. The maximum Gasteiger partial charge on any atom is 0.110 e. The van der Waals surface area contributed by atoms with E-state index in [0.29, 0.717) is 5.76 Å². The summed E-state index contributed by atoms with van der Waals surface area (Å²) in [7, 11) is 0. The highest BCUT2D eigenvalue weighted by Crippen LogP contribution is 2.58. The lowest BCUT2D eigenvalue weighted by atomic mass is 9.76. The number of para-hydroxylation sites is 1. The van der Waals surface area contributed by atoms with Crippen LogP contribution in [0.4, 0.5) is 28.4 Å². The van der Waals surface area contributed by atoms with Gasteiger partial charge in [-0.3, -0.25) is 0 Å². The predicted molar refractivity (Wildman–Crippen MR) is 242 cm³/mol. The van der Waals surface area contributed by atoms with Crippen LogP contribution in [0.25, 0.3) is 39.0 Å². The fourth-order valence-electron chi connectivity index (χ4n) is 8.93. The summed E-state index contributed by atoms with van der Waals surface area (Å²) < 4.78 is 0. The molecule has 2 aliphatic rings. The van der Waals surface area contributed by atoms with Gasteiger partial charge in [0.15, 0.2) is 0 Å². The first-order valence-electron chi connectivity index (χ1n) is 19.9. The predicted octanol–water partition coefficient (Wildman–Crippen LogP) is 14.7. The van der Waals surface area contributed by atoms with E-state index in [0.717, 1.165) is 56.3 Å². The third-order valence-electron chi connectivity index (χ3n) is 11.8. The summed E-state index contributed by atoms with van der Waals surface area (Å²) in [6.07, 6.45) is 4.37. The second kappa shape index (κ2) is 14.6. The second-order valence-electron chi connectivity index (χ2n) is 15.3. The van der Waals surface area contributed by atoms with Crippen LogP contribution < -0.4 is 9.80 Å². The monoisotopic (exact) mass is 746 g/mol. The van der Waals surface area contributed by atoms with E-state index in [9.17, 15) is 5.11 Å². The minimum Gasteiger partial charge on any atom is -0.511 e. The van der Waals surface area contributed by atoms with Crippen LogP contribution in [-0.4, -0.2) is 10.6 Å². The molecule has 8 aromatic carbocycles. The van der Waals surface area contributed by atoms with E-state index in [-0.39, 0.29) is 5.92 Å². The highest BCUT2D eigenvalue weighted by atomic mass is 16.3. The molecule has 1 N–H and O–H groups in total. The molecule has 8 aromatic rings. The van der Waals surface area contributed by atoms with Gasteiger partial charge in [-0.25, -0.2) is 0 Å². The largest absolute Gasteiger partial charge is 0.511 e. The van der Waals surface area contributed by atoms with Gasteiger partial charge < -0.3 is 14.9 Å². The number of aliphatic hydroxyl groups is 1. The molecule has 278 valence electrons. The fraction of sp³-hybridized carbons (Fsp3) is 0.0545. The SMILES string of the molecule is CC12C=CC(c3ccccc3)=C(O)C1c1ccc(-c3ccc(N(c4ccc(-c5ccccc5)cc4)c4ccc(-c5ccccc5)cc4)cc3)cc1N2c1ccccc1. The maximum atomic E-state index is 12.1. The van der Waals surface area contributed by atoms with Crippen LogP contribution in [-0.2, 0) is 0 Å². The highest BCUT2D eigenvalue weighted by molar-refractivity contribution is 5.88. The number of hydrogen-bond donors (Lipinski definition) is 1. The van der Waals surface area contributed by atoms with Crippen molar-refractivity contribution in [3.63, 3.8) is 0 Å². The lowest BCUT2D eigenvalue weighted by Crippen LogP contribution is -2.43. The molecule has 0 radical (unpaired) electrons. The van der Waals surface area contributed by atoms with E-state index in [2.05, 4.69) is 223 Å². The Kier molecular flexibility index (Phi) is 8.84. The normalized spacial score (nSPS) is 16.8. The van der Waals surface area contributed by atoms with Crippen LogP contribution >= 0.6 is 0 Å². The van der Waals surface area contributed by atoms with Gasteiger partial charge in [-0.2, -0.15) is 0 Å². The van der Waals surface area contributed by atoms with Crippen LogP contribution in [0.15, 0.2) is 230 Å². The van der Waals surface area contributed by atoms with Gasteiger partial charge in [0, 0.05) is 34.0 Å². The Labute approximate surface area is 340 Å². The van der Waals surface area contributed by atoms with E-state index in [1.54, 1.807) is 0 Å². The third kappa shape index (κ3) is 6.18. The van der Waals surface area contributed by atoms with Crippen LogP contribution in [0.5, 0.6) is 0 Å². The zero-order valence-corrected chi connectivity index (χ0v) is 32.3. The molecule has 1 aliphatic heterocycles. The number of fused-ring (bicyclic) bond motifs is 3. The molecule has 10 rings (SSSR count). The van der Waals surface area contributed by atoms with E-state index < -0.39 is 5.54 Å². The van der Waals surface area contributed by atoms with Crippen molar-refractivity contribution >= 4 is 34.0 Å². The summed E-state index contributed by atoms with van der Waals surface area (Å²) in [5.74, 6) is 0.177. The van der Waals surface area contributed by atoms with Crippen molar-refractivity contribution in [2.45, 2.75) is 18.4 Å². The standard InChI is InChI=1S/C55H42N2O/c1-55-37-36-50(44-18-10-4-11-19-44)54(58)53(55)51-35-28-45(38-52(51)57(55)49-20-12-5-13-21-49)43-26-33-48(34-27-43)56(46-29-22-41(23-30-46)39-14-6-2-7-15-39)47-31-24-42(25-32-47)40-16-8-3-9-17-40/h2-38,53,58H,1H3. The van der Waals surface area contributed by atoms with Crippen LogP contribution in [0.3, 0.4) is 0 Å². The molecule has 3 nitrogen and oxygen atoms in total. The quantitative estimate of drug-likeness (QED) is 0.168. The summed E-state index contributed by atoms with van der Waals surface area (Å²) in [6, 6.07) is 75.1. The van der Waals surface area contributed by atoms with Crippen LogP contribution in [0.1, 0.15) is 24.0 Å². The Morgan fingerprint density at radius 3 is 1.33 bits per heavy atom. The topological polar surface area (TPSA) is 26.7 Å². The Hall–Kier alpha value is -7.36. The van der Waals surface area contributed by atoms with Crippen molar-refractivity contribution < 1.29 is 5.11 Å². The average Bonchev–Trinajstić information content (AvgIpc) is 3.56. The number of nitrogens with zero attached hydrogens (tertiary/aromatic N) is 2. The molecule has 2 atom stereocenters. The Balaban J connectivity index is 1.03. The van der Waals surface area contributed by atoms with Gasteiger partial charge in [0.05, 0.1) is 11.5 Å². The fourth-order valence-corrected chi connectivity index (χ4v) is 8.93. The Bertz CT molecular complexity index is 2680. The van der Waals surface area contributed by atoms with Gasteiger partial charge in [-0.05, 0) is 106 Å². The molecule has 0 amide bonds. The highest BCUT2D eigenvalue weighted by Gasteiger charge is 2.51. The summed E-state index contributed by atoms with van der Waals surface area (Å²) in [6.45, 7) is 2.24. The molecule has 2 unspecified atom stereocenters. The third-order valence-corrected chi connectivity index (χ3v) is 11.8. The molecule has 3 heteroatoms. The van der Waals surface area contributed by atoms with Gasteiger partial charge in [-0.15, -0.1) is 0 Å². The lowest BCUT2D eigenvalue weighted by Gasteiger charge is -2.41. The average molecular weight is 747 g/mol. The van der Waals surface area contributed by atoms with E-state index >= 15 is 0 Å². The molecule has 58 heavy (non-hydrogen) atoms. The van der Waals surface area contributed by atoms with E-state index in [4.69, 9.17) is 0 Å². The van der Waals surface area contributed by atoms with Gasteiger partial charge in [-0.1, -0.05) is 170 Å². The van der Waals surface area contributed by atoms with Gasteiger partial charge in [0.1, 0.15) is 5.76 Å². The summed E-state index contributed by atoms with van der Waals surface area (Å²) in [5, 5.41) is 12.1. The molecule has 0 saturated heterocycles. The first-order valence-corrected chi connectivity index (χ1v) is 19.9. The van der Waals surface area contributed by atoms with Crippen molar-refractivity contribution in [3.8, 4) is 33.4 Å². The number of benzene rings is 8. The first-order chi connectivity index (χ1) is 28.5. The second-order valence-corrected chi connectivity index (χ2v) is 15.3. The first kappa shape index (κ1) is 35.1. The molecule has 0 fully saturated rings. The molecule has 1 aliphatic carbocycles. The van der Waals surface area contributed by atoms with Gasteiger partial charge >= 0.3 is 0 Å². The van der Waals surface area contributed by atoms with Crippen molar-refractivity contribution in [3.05, 3.63) is 241 Å². The molecule has 0 spiro atoms. The number of anilines is 5. The van der Waals surface area contributed by atoms with Crippen molar-refractivity contribution in [1.82, 2.24) is 0 Å². The van der Waals surface area contributed by atoms with Gasteiger partial charge in [0.2, 0.25) is 0 Å². The van der Waals surface area contributed by atoms with Crippen LogP contribution in [0.2, 0.25) is 0 Å². The van der Waals surface area contributed by atoms with Crippen molar-refractivity contribution in [2.24, 2.45) is 0 Å². The molecular formula is C55H42N2O. The maximum absolute atomic E-state index is 12.1. The minimum absolute atomic E-state index is 0.227. The molecule has 0 saturated carbocycles. The molecule has 1 heterocycles. The van der Waals surface area contributed by atoms with E-state index in [1.165, 1.54) is 22.3 Å². The summed E-state index contributed by atoms with van der Waals surface area (Å²) >= 11 is 0.